The molecule has 1 amide bonds. The Kier molecular flexibility index (Phi) is 6.89. The summed E-state index contributed by atoms with van der Waals surface area (Å²) in [5.74, 6) is -0.235. The van der Waals surface area contributed by atoms with Crippen molar-refractivity contribution in [2.24, 2.45) is 0 Å². The molecule has 0 aromatic heterocycles. The van der Waals surface area contributed by atoms with Gasteiger partial charge >= 0.3 is 0 Å². The number of rotatable bonds is 7. The second kappa shape index (κ2) is 9.77. The van der Waals surface area contributed by atoms with Gasteiger partial charge in [-0.05, 0) is 17.2 Å². The Labute approximate surface area is 163 Å². The van der Waals surface area contributed by atoms with Crippen molar-refractivity contribution >= 4 is 17.7 Å². The molecule has 0 bridgehead atoms. The summed E-state index contributed by atoms with van der Waals surface area (Å²) in [5.41, 5.74) is 1.75. The summed E-state index contributed by atoms with van der Waals surface area (Å²) >= 11 is 0. The Morgan fingerprint density at radius 2 is 1.93 bits per heavy atom. The van der Waals surface area contributed by atoms with Gasteiger partial charge in [0.2, 0.25) is 5.91 Å². The number of carbonyl (C=O) groups excluding carboxylic acids is 1. The average molecular weight is 381 g/mol. The van der Waals surface area contributed by atoms with E-state index in [1.807, 2.05) is 18.2 Å². The second-order valence-corrected chi connectivity index (χ2v) is 6.51. The molecule has 1 unspecified atom stereocenters. The lowest BCUT2D eigenvalue weighted by molar-refractivity contribution is -0.384. The minimum absolute atomic E-state index is 0.000910. The van der Waals surface area contributed by atoms with Gasteiger partial charge in [0.1, 0.15) is 0 Å². The van der Waals surface area contributed by atoms with Gasteiger partial charge in [0.05, 0.1) is 24.2 Å². The highest BCUT2D eigenvalue weighted by atomic mass is 16.6. The van der Waals surface area contributed by atoms with Gasteiger partial charge in [-0.25, -0.2) is 0 Å². The minimum atomic E-state index is -0.454. The molecular weight excluding hydrogens is 358 g/mol. The molecule has 28 heavy (non-hydrogen) atoms. The first kappa shape index (κ1) is 19.7. The molecule has 7 heteroatoms. The first-order valence-electron chi connectivity index (χ1n) is 9.20. The molecule has 1 aliphatic rings. The number of nitrogens with zero attached hydrogens (tertiary/aromatic N) is 2. The molecule has 0 aliphatic carbocycles. The predicted octanol–water partition coefficient (Wildman–Crippen LogP) is 2.80. The Morgan fingerprint density at radius 1 is 1.18 bits per heavy atom. The number of benzene rings is 2. The summed E-state index contributed by atoms with van der Waals surface area (Å²) in [5, 5.41) is 13.8. The standard InChI is InChI=1S/C21H23N3O4/c25-21(10-9-17-5-4-8-19(15-17)24(26)27)22-16-20(18-6-2-1-3-7-18)23-11-13-28-14-12-23/h1-10,15,20H,11-14,16H2,(H,22,25)/b10-9+. The highest BCUT2D eigenvalue weighted by molar-refractivity contribution is 5.91. The molecule has 146 valence electrons. The van der Waals surface area contributed by atoms with Crippen LogP contribution in [0.25, 0.3) is 6.08 Å². The second-order valence-electron chi connectivity index (χ2n) is 6.51. The molecule has 0 spiro atoms. The number of carbonyl (C=O) groups is 1. The topological polar surface area (TPSA) is 84.7 Å². The number of nitro groups is 1. The molecule has 7 nitrogen and oxygen atoms in total. The predicted molar refractivity (Wildman–Crippen MR) is 107 cm³/mol. The van der Waals surface area contributed by atoms with Crippen molar-refractivity contribution in [2.75, 3.05) is 32.8 Å². The number of hydrogen-bond donors (Lipinski definition) is 1. The quantitative estimate of drug-likeness (QED) is 0.453. The van der Waals surface area contributed by atoms with Gasteiger partial charge in [-0.1, -0.05) is 42.5 Å². The molecule has 2 aromatic rings. The van der Waals surface area contributed by atoms with E-state index >= 15 is 0 Å². The van der Waals surface area contributed by atoms with Crippen molar-refractivity contribution in [1.82, 2.24) is 10.2 Å². The largest absolute Gasteiger partial charge is 0.379 e. The van der Waals surface area contributed by atoms with Crippen molar-refractivity contribution in [2.45, 2.75) is 6.04 Å². The Balaban J connectivity index is 1.63. The fourth-order valence-corrected chi connectivity index (χ4v) is 3.19. The molecule has 1 aliphatic heterocycles. The number of nitro benzene ring substituents is 1. The van der Waals surface area contributed by atoms with Gasteiger partial charge in [-0.2, -0.15) is 0 Å². The van der Waals surface area contributed by atoms with Crippen LogP contribution in [-0.4, -0.2) is 48.6 Å². The van der Waals surface area contributed by atoms with Gasteiger partial charge in [0.15, 0.2) is 0 Å². The van der Waals surface area contributed by atoms with E-state index in [1.54, 1.807) is 18.2 Å². The highest BCUT2D eigenvalue weighted by Gasteiger charge is 2.22. The van der Waals surface area contributed by atoms with Crippen LogP contribution in [-0.2, 0) is 9.53 Å². The third-order valence-electron chi connectivity index (χ3n) is 4.65. The highest BCUT2D eigenvalue weighted by Crippen LogP contribution is 2.21. The summed E-state index contributed by atoms with van der Waals surface area (Å²) in [6, 6.07) is 16.3. The van der Waals surface area contributed by atoms with E-state index in [0.29, 0.717) is 25.3 Å². The van der Waals surface area contributed by atoms with E-state index < -0.39 is 4.92 Å². The minimum Gasteiger partial charge on any atom is -0.379 e. The summed E-state index contributed by atoms with van der Waals surface area (Å²) in [4.78, 5) is 25.0. The zero-order chi connectivity index (χ0) is 19.8. The average Bonchev–Trinajstić information content (AvgIpc) is 2.74. The van der Waals surface area contributed by atoms with Gasteiger partial charge in [0, 0.05) is 37.8 Å². The van der Waals surface area contributed by atoms with Crippen molar-refractivity contribution < 1.29 is 14.5 Å². The molecule has 2 aromatic carbocycles. The summed E-state index contributed by atoms with van der Waals surface area (Å²) in [6.45, 7) is 3.48. The van der Waals surface area contributed by atoms with Crippen LogP contribution in [0.4, 0.5) is 5.69 Å². The normalized spacial score (nSPS) is 16.0. The van der Waals surface area contributed by atoms with Crippen molar-refractivity contribution in [3.63, 3.8) is 0 Å². The SMILES string of the molecule is O=C(/C=C/c1cccc([N+](=O)[O-])c1)NCC(c1ccccc1)N1CCOCC1. The molecule has 3 rings (SSSR count). The molecule has 1 heterocycles. The molecular formula is C21H23N3O4. The number of morpholine rings is 1. The van der Waals surface area contributed by atoms with Crippen LogP contribution in [0, 0.1) is 10.1 Å². The zero-order valence-corrected chi connectivity index (χ0v) is 15.5. The van der Waals surface area contributed by atoms with Crippen molar-refractivity contribution in [3.8, 4) is 0 Å². The van der Waals surface area contributed by atoms with Crippen LogP contribution in [0.1, 0.15) is 17.2 Å². The number of amides is 1. The first-order chi connectivity index (χ1) is 13.6. The lowest BCUT2D eigenvalue weighted by atomic mass is 10.0. The lowest BCUT2D eigenvalue weighted by Crippen LogP contribution is -2.43. The van der Waals surface area contributed by atoms with Gasteiger partial charge in [0.25, 0.3) is 5.69 Å². The molecule has 1 fully saturated rings. The van der Waals surface area contributed by atoms with E-state index in [2.05, 4.69) is 22.3 Å². The van der Waals surface area contributed by atoms with E-state index in [1.165, 1.54) is 18.2 Å². The maximum atomic E-state index is 12.3. The number of ether oxygens (including phenoxy) is 1. The Bertz CT molecular complexity index is 833. The lowest BCUT2D eigenvalue weighted by Gasteiger charge is -2.34. The first-order valence-corrected chi connectivity index (χ1v) is 9.20. The van der Waals surface area contributed by atoms with E-state index in [0.717, 1.165) is 18.7 Å². The van der Waals surface area contributed by atoms with Crippen LogP contribution in [0.2, 0.25) is 0 Å². The van der Waals surface area contributed by atoms with E-state index in [-0.39, 0.29) is 17.6 Å². The van der Waals surface area contributed by atoms with Gasteiger partial charge in [-0.3, -0.25) is 19.8 Å². The van der Waals surface area contributed by atoms with E-state index in [9.17, 15) is 14.9 Å². The zero-order valence-electron chi connectivity index (χ0n) is 15.5. The summed E-state index contributed by atoms with van der Waals surface area (Å²) in [7, 11) is 0. The molecule has 0 radical (unpaired) electrons. The van der Waals surface area contributed by atoms with Crippen LogP contribution in [0.5, 0.6) is 0 Å². The third kappa shape index (κ3) is 5.48. The fourth-order valence-electron chi connectivity index (χ4n) is 3.19. The molecule has 1 saturated heterocycles. The Hall–Kier alpha value is -3.03. The molecule has 0 saturated carbocycles. The summed E-state index contributed by atoms with van der Waals surface area (Å²) in [6.07, 6.45) is 2.98. The van der Waals surface area contributed by atoms with Crippen LogP contribution in [0.15, 0.2) is 60.7 Å². The van der Waals surface area contributed by atoms with Gasteiger partial charge < -0.3 is 10.1 Å². The fraction of sp³-hybridized carbons (Fsp3) is 0.286. The number of non-ortho nitro benzene ring substituents is 1. The van der Waals surface area contributed by atoms with E-state index in [4.69, 9.17) is 4.74 Å². The molecule has 1 atom stereocenters. The maximum absolute atomic E-state index is 12.3. The number of hydrogen-bond acceptors (Lipinski definition) is 5. The maximum Gasteiger partial charge on any atom is 0.270 e. The van der Waals surface area contributed by atoms with Gasteiger partial charge in [-0.15, -0.1) is 0 Å². The van der Waals surface area contributed by atoms with Crippen molar-refractivity contribution in [1.29, 1.82) is 0 Å². The smallest absolute Gasteiger partial charge is 0.270 e. The third-order valence-corrected chi connectivity index (χ3v) is 4.65. The summed E-state index contributed by atoms with van der Waals surface area (Å²) < 4.78 is 5.44. The van der Waals surface area contributed by atoms with Crippen LogP contribution >= 0.6 is 0 Å². The van der Waals surface area contributed by atoms with Crippen molar-refractivity contribution in [3.05, 3.63) is 81.9 Å². The molecule has 1 N–H and O–H groups in total. The number of nitrogens with one attached hydrogen (secondary N) is 1. The van der Waals surface area contributed by atoms with Crippen LogP contribution < -0.4 is 5.32 Å². The monoisotopic (exact) mass is 381 g/mol. The van der Waals surface area contributed by atoms with Crippen LogP contribution in [0.3, 0.4) is 0 Å². The Morgan fingerprint density at radius 3 is 2.64 bits per heavy atom.